The number of carbonyl (C=O) groups excluding carboxylic acids is 2. The van der Waals surface area contributed by atoms with Crippen LogP contribution in [0.4, 0.5) is 5.69 Å². The van der Waals surface area contributed by atoms with Gasteiger partial charge in [-0.2, -0.15) is 0 Å². The maximum Gasteiger partial charge on any atom is 0.338 e. The van der Waals surface area contributed by atoms with Gasteiger partial charge in [0.2, 0.25) is 0 Å². The summed E-state index contributed by atoms with van der Waals surface area (Å²) >= 11 is 0. The van der Waals surface area contributed by atoms with E-state index < -0.39 is 18.5 Å². The van der Waals surface area contributed by atoms with Crippen molar-refractivity contribution in [3.8, 4) is 17.2 Å². The molecule has 7 heteroatoms. The van der Waals surface area contributed by atoms with Gasteiger partial charge in [-0.05, 0) is 35.2 Å². The molecule has 0 bridgehead atoms. The van der Waals surface area contributed by atoms with Gasteiger partial charge in [0.25, 0.3) is 5.91 Å². The Kier molecular flexibility index (Phi) is 7.09. The molecule has 0 fully saturated rings. The van der Waals surface area contributed by atoms with Crippen LogP contribution in [0.25, 0.3) is 0 Å². The molecule has 0 unspecified atom stereocenters. The number of hydrogen-bond donors (Lipinski definition) is 1. The summed E-state index contributed by atoms with van der Waals surface area (Å²) in [6.45, 7) is 5.78. The number of esters is 1. The van der Waals surface area contributed by atoms with Gasteiger partial charge in [0.1, 0.15) is 17.2 Å². The quantitative estimate of drug-likeness (QED) is 0.711. The molecule has 0 heterocycles. The van der Waals surface area contributed by atoms with Crippen LogP contribution >= 0.6 is 0 Å². The average Bonchev–Trinajstić information content (AvgIpc) is 2.70. The van der Waals surface area contributed by atoms with Crippen LogP contribution in [0.15, 0.2) is 36.4 Å². The van der Waals surface area contributed by atoms with Gasteiger partial charge in [0.05, 0.1) is 32.6 Å². The predicted octanol–water partition coefficient (Wildman–Crippen LogP) is 3.81. The van der Waals surface area contributed by atoms with Gasteiger partial charge in [0, 0.05) is 6.07 Å². The molecule has 2 rings (SSSR count). The van der Waals surface area contributed by atoms with Crippen molar-refractivity contribution in [3.63, 3.8) is 0 Å². The fourth-order valence-corrected chi connectivity index (χ4v) is 2.60. The lowest BCUT2D eigenvalue weighted by atomic mass is 9.87. The molecule has 0 atom stereocenters. The summed E-state index contributed by atoms with van der Waals surface area (Å²) in [7, 11) is 4.49. The first-order valence-electron chi connectivity index (χ1n) is 9.06. The molecule has 156 valence electrons. The molecule has 0 saturated carbocycles. The van der Waals surface area contributed by atoms with Crippen molar-refractivity contribution in [3.05, 3.63) is 47.5 Å². The zero-order chi connectivity index (χ0) is 21.6. The third kappa shape index (κ3) is 5.88. The van der Waals surface area contributed by atoms with Crippen LogP contribution in [-0.4, -0.2) is 39.8 Å². The van der Waals surface area contributed by atoms with E-state index >= 15 is 0 Å². The van der Waals surface area contributed by atoms with E-state index in [-0.39, 0.29) is 11.0 Å². The van der Waals surface area contributed by atoms with Gasteiger partial charge in [-0.25, -0.2) is 4.79 Å². The number of amides is 1. The second-order valence-electron chi connectivity index (χ2n) is 7.39. The van der Waals surface area contributed by atoms with Crippen molar-refractivity contribution in [1.82, 2.24) is 0 Å². The predicted molar refractivity (Wildman–Crippen MR) is 110 cm³/mol. The van der Waals surface area contributed by atoms with Crippen molar-refractivity contribution >= 4 is 17.6 Å². The summed E-state index contributed by atoms with van der Waals surface area (Å²) < 4.78 is 20.7. The van der Waals surface area contributed by atoms with Gasteiger partial charge in [0.15, 0.2) is 6.61 Å². The fraction of sp³-hybridized carbons (Fsp3) is 0.364. The standard InChI is InChI=1S/C22H27NO6/c1-22(2,3)15-7-8-19(28-6)18(11-15)23-20(24)13-29-21(25)14-9-16(26-4)12-17(10-14)27-5/h7-12H,13H2,1-6H3,(H,23,24). The van der Waals surface area contributed by atoms with E-state index in [1.54, 1.807) is 12.1 Å². The molecule has 0 radical (unpaired) electrons. The summed E-state index contributed by atoms with van der Waals surface area (Å²) in [6.07, 6.45) is 0. The topological polar surface area (TPSA) is 83.1 Å². The molecule has 1 amide bonds. The molecule has 0 aliphatic carbocycles. The van der Waals surface area contributed by atoms with Gasteiger partial charge in [-0.15, -0.1) is 0 Å². The van der Waals surface area contributed by atoms with Crippen LogP contribution in [0.3, 0.4) is 0 Å². The average molecular weight is 401 g/mol. The molecule has 0 aliphatic heterocycles. The van der Waals surface area contributed by atoms with Crippen LogP contribution in [0.5, 0.6) is 17.2 Å². The van der Waals surface area contributed by atoms with Crippen molar-refractivity contribution < 1.29 is 28.5 Å². The largest absolute Gasteiger partial charge is 0.497 e. The van der Waals surface area contributed by atoms with Gasteiger partial charge in [-0.1, -0.05) is 26.8 Å². The number of anilines is 1. The maximum absolute atomic E-state index is 12.3. The molecule has 1 N–H and O–H groups in total. The highest BCUT2D eigenvalue weighted by atomic mass is 16.5. The van der Waals surface area contributed by atoms with Crippen molar-refractivity contribution in [2.24, 2.45) is 0 Å². The Bertz CT molecular complexity index is 863. The molecule has 0 aliphatic rings. The van der Waals surface area contributed by atoms with Crippen molar-refractivity contribution in [2.75, 3.05) is 33.3 Å². The Morgan fingerprint density at radius 2 is 1.52 bits per heavy atom. The summed E-state index contributed by atoms with van der Waals surface area (Å²) in [6, 6.07) is 10.3. The Balaban J connectivity index is 2.07. The number of carbonyl (C=O) groups is 2. The second-order valence-corrected chi connectivity index (χ2v) is 7.39. The minimum absolute atomic E-state index is 0.0936. The number of hydrogen-bond acceptors (Lipinski definition) is 6. The summed E-state index contributed by atoms with van der Waals surface area (Å²) in [5, 5.41) is 2.74. The molecule has 2 aromatic rings. The highest BCUT2D eigenvalue weighted by molar-refractivity contribution is 5.96. The molecule has 29 heavy (non-hydrogen) atoms. The summed E-state index contributed by atoms with van der Waals surface area (Å²) in [5.74, 6) is 0.287. The minimum Gasteiger partial charge on any atom is -0.497 e. The van der Waals surface area contributed by atoms with E-state index in [0.717, 1.165) is 5.56 Å². The summed E-state index contributed by atoms with van der Waals surface area (Å²) in [5.41, 5.74) is 1.68. The van der Waals surface area contributed by atoms with Crippen molar-refractivity contribution in [1.29, 1.82) is 0 Å². The van der Waals surface area contributed by atoms with Gasteiger partial charge in [-0.3, -0.25) is 4.79 Å². The number of benzene rings is 2. The fourth-order valence-electron chi connectivity index (χ4n) is 2.60. The highest BCUT2D eigenvalue weighted by Crippen LogP contribution is 2.31. The first kappa shape index (κ1) is 22.1. The van der Waals surface area contributed by atoms with E-state index in [0.29, 0.717) is 22.9 Å². The highest BCUT2D eigenvalue weighted by Gasteiger charge is 2.18. The molecule has 0 spiro atoms. The third-order valence-electron chi connectivity index (χ3n) is 4.26. The monoisotopic (exact) mass is 401 g/mol. The zero-order valence-electron chi connectivity index (χ0n) is 17.6. The SMILES string of the molecule is COc1cc(OC)cc(C(=O)OCC(=O)Nc2cc(C(C)(C)C)ccc2OC)c1. The van der Waals surface area contributed by atoms with Crippen LogP contribution in [0, 0.1) is 0 Å². The number of rotatable bonds is 7. The Hall–Kier alpha value is -3.22. The van der Waals surface area contributed by atoms with E-state index in [9.17, 15) is 9.59 Å². The minimum atomic E-state index is -0.659. The lowest BCUT2D eigenvalue weighted by Crippen LogP contribution is -2.22. The molecular formula is C22H27NO6. The molecule has 7 nitrogen and oxygen atoms in total. The second kappa shape index (κ2) is 9.32. The maximum atomic E-state index is 12.3. The lowest BCUT2D eigenvalue weighted by Gasteiger charge is -2.21. The first-order valence-corrected chi connectivity index (χ1v) is 9.06. The first-order chi connectivity index (χ1) is 13.7. The van der Waals surface area contributed by atoms with E-state index in [1.165, 1.54) is 33.5 Å². The normalized spacial score (nSPS) is 10.8. The Labute approximate surface area is 170 Å². The van der Waals surface area contributed by atoms with Gasteiger partial charge >= 0.3 is 5.97 Å². The Morgan fingerprint density at radius 3 is 2.03 bits per heavy atom. The van der Waals surface area contributed by atoms with Gasteiger partial charge < -0.3 is 24.3 Å². The molecule has 2 aromatic carbocycles. The van der Waals surface area contributed by atoms with Crippen LogP contribution in [0.2, 0.25) is 0 Å². The number of methoxy groups -OCH3 is 3. The van der Waals surface area contributed by atoms with Crippen LogP contribution < -0.4 is 19.5 Å². The number of ether oxygens (including phenoxy) is 4. The van der Waals surface area contributed by atoms with Crippen LogP contribution in [0.1, 0.15) is 36.7 Å². The lowest BCUT2D eigenvalue weighted by molar-refractivity contribution is -0.119. The molecular weight excluding hydrogens is 374 g/mol. The smallest absolute Gasteiger partial charge is 0.338 e. The van der Waals surface area contributed by atoms with Crippen LogP contribution in [-0.2, 0) is 14.9 Å². The van der Waals surface area contributed by atoms with E-state index in [4.69, 9.17) is 18.9 Å². The van der Waals surface area contributed by atoms with Crippen molar-refractivity contribution in [2.45, 2.75) is 26.2 Å². The van der Waals surface area contributed by atoms with E-state index in [2.05, 4.69) is 26.1 Å². The van der Waals surface area contributed by atoms with E-state index in [1.807, 2.05) is 12.1 Å². The number of nitrogens with one attached hydrogen (secondary N) is 1. The third-order valence-corrected chi connectivity index (χ3v) is 4.26. The molecule has 0 aromatic heterocycles. The zero-order valence-corrected chi connectivity index (χ0v) is 17.6. The Morgan fingerprint density at radius 1 is 0.897 bits per heavy atom. The summed E-state index contributed by atoms with van der Waals surface area (Å²) in [4.78, 5) is 24.6. The molecule has 0 saturated heterocycles.